The quantitative estimate of drug-likeness (QED) is 0.477. The molecule has 0 spiro atoms. The van der Waals surface area contributed by atoms with Gasteiger partial charge >= 0.3 is 0 Å². The number of nitrogens with one attached hydrogen (secondary N) is 1. The van der Waals surface area contributed by atoms with E-state index in [2.05, 4.69) is 32.1 Å². The van der Waals surface area contributed by atoms with Crippen molar-refractivity contribution in [2.75, 3.05) is 50.1 Å². The van der Waals surface area contributed by atoms with Crippen LogP contribution in [0.3, 0.4) is 0 Å². The molecule has 4 rings (SSSR count). The van der Waals surface area contributed by atoms with Gasteiger partial charge in [0.15, 0.2) is 17.4 Å². The maximum atomic E-state index is 13.0. The molecule has 0 amide bonds. The molecule has 10 heteroatoms. The monoisotopic (exact) mass is 498 g/mol. The standard InChI is InChI=1S/C25H31ClN6O3/c1-4-8-32-21-7-6-18(13-17(21)14-22(24(32)34)35-16-19(33)5-2)28-23-20(26)15-27-25(29-23)31-11-9-30(3)10-12-31/h6-7,13-15H,4-5,8-12,16H2,1-3H3,(H,27,28,29). The molecule has 0 bridgehead atoms. The minimum absolute atomic E-state index is 0.0588. The molecule has 1 N–H and O–H groups in total. The molecule has 0 aliphatic carbocycles. The van der Waals surface area contributed by atoms with E-state index in [0.717, 1.165) is 49.2 Å². The number of ether oxygens (including phenoxy) is 1. The summed E-state index contributed by atoms with van der Waals surface area (Å²) >= 11 is 6.41. The number of rotatable bonds is 9. The summed E-state index contributed by atoms with van der Waals surface area (Å²) in [5.74, 6) is 1.26. The predicted octanol–water partition coefficient (Wildman–Crippen LogP) is 3.71. The molecule has 1 aliphatic heterocycles. The molecule has 3 aromatic rings. The molecular weight excluding hydrogens is 468 g/mol. The van der Waals surface area contributed by atoms with Crippen molar-refractivity contribution in [1.82, 2.24) is 19.4 Å². The van der Waals surface area contributed by atoms with E-state index < -0.39 is 0 Å². The first-order valence-corrected chi connectivity index (χ1v) is 12.3. The Morgan fingerprint density at radius 1 is 1.17 bits per heavy atom. The molecule has 3 heterocycles. The van der Waals surface area contributed by atoms with Gasteiger partial charge in [0, 0.05) is 50.2 Å². The number of fused-ring (bicyclic) bond motifs is 1. The minimum atomic E-state index is -0.236. The fourth-order valence-corrected chi connectivity index (χ4v) is 4.13. The summed E-state index contributed by atoms with van der Waals surface area (Å²) in [6.45, 7) is 7.82. The maximum absolute atomic E-state index is 13.0. The number of carbonyl (C=O) groups is 1. The number of aromatic nitrogens is 3. The number of pyridine rings is 1. The number of nitrogens with zero attached hydrogens (tertiary/aromatic N) is 5. The topological polar surface area (TPSA) is 92.6 Å². The van der Waals surface area contributed by atoms with Crippen LogP contribution in [0.2, 0.25) is 5.02 Å². The Bertz CT molecular complexity index is 1270. The van der Waals surface area contributed by atoms with Gasteiger partial charge in [0.05, 0.1) is 11.7 Å². The van der Waals surface area contributed by atoms with Crippen LogP contribution in [-0.4, -0.2) is 65.1 Å². The third kappa shape index (κ3) is 5.74. The molecule has 9 nitrogen and oxygen atoms in total. The van der Waals surface area contributed by atoms with Crippen molar-refractivity contribution in [3.8, 4) is 5.75 Å². The van der Waals surface area contributed by atoms with Gasteiger partial charge in [0.25, 0.3) is 5.56 Å². The molecule has 1 aliphatic rings. The largest absolute Gasteiger partial charge is 0.480 e. The van der Waals surface area contributed by atoms with Gasteiger partial charge in [-0.3, -0.25) is 9.59 Å². The lowest BCUT2D eigenvalue weighted by molar-refractivity contribution is -0.120. The van der Waals surface area contributed by atoms with E-state index in [-0.39, 0.29) is 23.7 Å². The summed E-state index contributed by atoms with van der Waals surface area (Å²) in [4.78, 5) is 38.2. The van der Waals surface area contributed by atoms with Gasteiger partial charge in [-0.1, -0.05) is 25.4 Å². The van der Waals surface area contributed by atoms with Crippen molar-refractivity contribution in [2.24, 2.45) is 0 Å². The molecule has 0 saturated carbocycles. The van der Waals surface area contributed by atoms with Gasteiger partial charge in [0.1, 0.15) is 11.6 Å². The number of likely N-dealkylation sites (N-methyl/N-ethyl adjacent to an activating group) is 1. The van der Waals surface area contributed by atoms with Gasteiger partial charge in [0.2, 0.25) is 5.95 Å². The Labute approximate surface area is 209 Å². The summed E-state index contributed by atoms with van der Waals surface area (Å²) in [7, 11) is 2.10. The zero-order valence-electron chi connectivity index (χ0n) is 20.4. The normalized spacial score (nSPS) is 14.3. The molecule has 1 saturated heterocycles. The highest BCUT2D eigenvalue weighted by atomic mass is 35.5. The number of anilines is 3. The van der Waals surface area contributed by atoms with Crippen molar-refractivity contribution in [3.05, 3.63) is 45.8 Å². The van der Waals surface area contributed by atoms with Crippen molar-refractivity contribution in [2.45, 2.75) is 33.2 Å². The van der Waals surface area contributed by atoms with Crippen LogP contribution in [0.25, 0.3) is 10.9 Å². The number of hydrogen-bond acceptors (Lipinski definition) is 8. The molecule has 0 atom stereocenters. The van der Waals surface area contributed by atoms with E-state index in [1.807, 2.05) is 25.1 Å². The summed E-state index contributed by atoms with van der Waals surface area (Å²) < 4.78 is 7.29. The van der Waals surface area contributed by atoms with Crippen LogP contribution in [0.5, 0.6) is 5.75 Å². The van der Waals surface area contributed by atoms with E-state index >= 15 is 0 Å². The second-order valence-corrected chi connectivity index (χ2v) is 9.11. The molecular formula is C25H31ClN6O3. The molecule has 1 fully saturated rings. The zero-order chi connectivity index (χ0) is 24.9. The van der Waals surface area contributed by atoms with E-state index in [9.17, 15) is 9.59 Å². The van der Waals surface area contributed by atoms with Crippen LogP contribution in [0.1, 0.15) is 26.7 Å². The van der Waals surface area contributed by atoms with E-state index in [0.29, 0.717) is 29.8 Å². The number of Topliss-reactive ketones (excluding diaryl/α,β-unsaturated/α-hetero) is 1. The molecule has 1 aromatic carbocycles. The Hall–Kier alpha value is -3.17. The molecule has 0 radical (unpaired) electrons. The average molecular weight is 499 g/mol. The lowest BCUT2D eigenvalue weighted by Gasteiger charge is -2.32. The molecule has 35 heavy (non-hydrogen) atoms. The average Bonchev–Trinajstić information content (AvgIpc) is 2.86. The smallest absolute Gasteiger partial charge is 0.293 e. The van der Waals surface area contributed by atoms with E-state index in [1.165, 1.54) is 0 Å². The van der Waals surface area contributed by atoms with Crippen LogP contribution in [-0.2, 0) is 11.3 Å². The molecule has 0 unspecified atom stereocenters. The number of halogens is 1. The number of hydrogen-bond donors (Lipinski definition) is 1. The van der Waals surface area contributed by atoms with Crippen LogP contribution < -0.4 is 20.5 Å². The number of carbonyl (C=O) groups excluding carboxylic acids is 1. The van der Waals surface area contributed by atoms with Gasteiger partial charge < -0.3 is 24.4 Å². The van der Waals surface area contributed by atoms with Crippen molar-refractivity contribution < 1.29 is 9.53 Å². The fraction of sp³-hybridized carbons (Fsp3) is 0.440. The highest BCUT2D eigenvalue weighted by Gasteiger charge is 2.18. The van der Waals surface area contributed by atoms with Gasteiger partial charge in [-0.2, -0.15) is 4.98 Å². The number of ketones is 1. The first-order valence-electron chi connectivity index (χ1n) is 11.9. The van der Waals surface area contributed by atoms with E-state index in [1.54, 1.807) is 23.8 Å². The molecule has 2 aromatic heterocycles. The van der Waals surface area contributed by atoms with Crippen LogP contribution >= 0.6 is 11.6 Å². The van der Waals surface area contributed by atoms with E-state index in [4.69, 9.17) is 16.3 Å². The Balaban J connectivity index is 1.65. The van der Waals surface area contributed by atoms with Crippen LogP contribution in [0.4, 0.5) is 17.5 Å². The highest BCUT2D eigenvalue weighted by Crippen LogP contribution is 2.28. The van der Waals surface area contributed by atoms with Crippen molar-refractivity contribution in [1.29, 1.82) is 0 Å². The van der Waals surface area contributed by atoms with Gasteiger partial charge in [-0.15, -0.1) is 0 Å². The summed E-state index contributed by atoms with van der Waals surface area (Å²) in [5, 5.41) is 4.52. The minimum Gasteiger partial charge on any atom is -0.480 e. The highest BCUT2D eigenvalue weighted by molar-refractivity contribution is 6.32. The van der Waals surface area contributed by atoms with Gasteiger partial charge in [-0.05, 0) is 37.7 Å². The van der Waals surface area contributed by atoms with Crippen LogP contribution in [0.15, 0.2) is 35.3 Å². The second kappa shape index (κ2) is 11.0. The maximum Gasteiger partial charge on any atom is 0.293 e. The lowest BCUT2D eigenvalue weighted by atomic mass is 10.1. The van der Waals surface area contributed by atoms with Gasteiger partial charge in [-0.25, -0.2) is 4.98 Å². The summed E-state index contributed by atoms with van der Waals surface area (Å²) in [6.07, 6.45) is 2.76. The number of piperazine rings is 1. The second-order valence-electron chi connectivity index (χ2n) is 8.70. The molecule has 186 valence electrons. The van der Waals surface area contributed by atoms with Crippen molar-refractivity contribution >= 4 is 45.7 Å². The first kappa shape index (κ1) is 24.9. The number of aryl methyl sites for hydroxylation is 1. The third-order valence-corrected chi connectivity index (χ3v) is 6.35. The fourth-order valence-electron chi connectivity index (χ4n) is 3.99. The predicted molar refractivity (Wildman–Crippen MR) is 139 cm³/mol. The van der Waals surface area contributed by atoms with Crippen molar-refractivity contribution in [3.63, 3.8) is 0 Å². The van der Waals surface area contributed by atoms with Crippen LogP contribution in [0, 0.1) is 0 Å². The first-order chi connectivity index (χ1) is 16.9. The number of benzene rings is 1. The summed E-state index contributed by atoms with van der Waals surface area (Å²) in [6, 6.07) is 7.40. The Kier molecular flexibility index (Phi) is 7.87. The zero-order valence-corrected chi connectivity index (χ0v) is 21.1. The Morgan fingerprint density at radius 2 is 1.94 bits per heavy atom. The summed E-state index contributed by atoms with van der Waals surface area (Å²) in [5.41, 5.74) is 1.32. The SMILES string of the molecule is CCCn1c(=O)c(OCC(=O)CC)cc2cc(Nc3nc(N4CCN(C)CC4)ncc3Cl)ccc21. The lowest BCUT2D eigenvalue weighted by Crippen LogP contribution is -2.45. The Morgan fingerprint density at radius 3 is 2.66 bits per heavy atom. The third-order valence-electron chi connectivity index (χ3n) is 6.07.